The Balaban J connectivity index is 1.33. The molecule has 4 aromatic rings. The average Bonchev–Trinajstić information content (AvgIpc) is 3.52. The van der Waals surface area contributed by atoms with Crippen molar-refractivity contribution in [1.82, 2.24) is 25.3 Å². The molecular formula is C47H60InN5O7. The first kappa shape index (κ1) is 44.0. The zero-order valence-electron chi connectivity index (χ0n) is 36.4. The molecule has 0 saturated carbocycles. The van der Waals surface area contributed by atoms with Crippen molar-refractivity contribution >= 4 is 53.7 Å². The number of rotatable bonds is 10. The number of carbonyl (C=O) groups excluding carboxylic acids is 4. The van der Waals surface area contributed by atoms with Crippen molar-refractivity contribution in [3.63, 3.8) is 0 Å². The Hall–Kier alpha value is -4.04. The molecule has 0 spiro atoms. The van der Waals surface area contributed by atoms with Crippen LogP contribution in [0.15, 0.2) is 60.8 Å². The van der Waals surface area contributed by atoms with Gasteiger partial charge in [-0.15, -0.1) is 0 Å². The Morgan fingerprint density at radius 3 is 2.53 bits per heavy atom. The molecule has 6 bridgehead atoms. The van der Waals surface area contributed by atoms with Crippen LogP contribution in [0.4, 0.5) is 0 Å². The summed E-state index contributed by atoms with van der Waals surface area (Å²) in [6.07, 6.45) is 3.51. The van der Waals surface area contributed by atoms with Crippen molar-refractivity contribution < 1.29 is 33.4 Å². The molecule has 60 heavy (non-hydrogen) atoms. The van der Waals surface area contributed by atoms with Crippen molar-refractivity contribution in [2.45, 2.75) is 100 Å². The van der Waals surface area contributed by atoms with Crippen molar-refractivity contribution in [2.75, 3.05) is 33.5 Å². The van der Waals surface area contributed by atoms with Gasteiger partial charge in [0.25, 0.3) is 0 Å². The third-order valence-electron chi connectivity index (χ3n) is 12.7. The number of nitrogens with zero attached hydrogens (tertiary/aromatic N) is 3. The molecule has 4 atom stereocenters. The van der Waals surface area contributed by atoms with Gasteiger partial charge in [-0.25, -0.2) is 0 Å². The van der Waals surface area contributed by atoms with Crippen molar-refractivity contribution in [3.8, 4) is 22.4 Å². The number of aromatic nitrogens is 2. The first-order valence-electron chi connectivity index (χ1n) is 21.6. The van der Waals surface area contributed by atoms with Crippen LogP contribution in [0.1, 0.15) is 77.3 Å². The molecule has 2 aromatic carbocycles. The summed E-state index contributed by atoms with van der Waals surface area (Å²) < 4.78 is 21.4. The first-order chi connectivity index (χ1) is 28.7. The van der Waals surface area contributed by atoms with Crippen molar-refractivity contribution in [3.05, 3.63) is 77.6 Å². The Morgan fingerprint density at radius 2 is 1.83 bits per heavy atom. The van der Waals surface area contributed by atoms with E-state index in [0.29, 0.717) is 39.0 Å². The summed E-state index contributed by atoms with van der Waals surface area (Å²) in [5, 5.41) is 5.73. The first-order valence-corrected chi connectivity index (χ1v) is 28.4. The molecule has 0 aliphatic carbocycles. The fourth-order valence-corrected chi connectivity index (χ4v) is 17.9. The van der Waals surface area contributed by atoms with Gasteiger partial charge in [0.1, 0.15) is 0 Å². The topological polar surface area (TPSA) is 141 Å². The predicted molar refractivity (Wildman–Crippen MR) is 233 cm³/mol. The van der Waals surface area contributed by atoms with E-state index in [0.717, 1.165) is 56.7 Å². The summed E-state index contributed by atoms with van der Waals surface area (Å²) >= 11 is -3.12. The number of carbonyl (C=O) groups is 4. The number of cyclic esters (lactones) is 1. The van der Waals surface area contributed by atoms with Crippen LogP contribution in [0.2, 0.25) is 8.35 Å². The van der Waals surface area contributed by atoms with Gasteiger partial charge < -0.3 is 9.30 Å². The fraction of sp³-hybridized carbons (Fsp3) is 0.511. The van der Waals surface area contributed by atoms with Crippen LogP contribution in [0.25, 0.3) is 33.3 Å². The molecule has 318 valence electrons. The van der Waals surface area contributed by atoms with Crippen molar-refractivity contribution in [2.24, 2.45) is 17.3 Å². The van der Waals surface area contributed by atoms with Crippen LogP contribution >= 0.6 is 0 Å². The van der Waals surface area contributed by atoms with E-state index in [-0.39, 0.29) is 46.3 Å². The van der Waals surface area contributed by atoms with E-state index in [1.807, 2.05) is 43.7 Å². The number of nitrogens with one attached hydrogen (secondary N) is 2. The Bertz CT molecular complexity index is 2250. The molecule has 2 fully saturated rings. The van der Waals surface area contributed by atoms with Crippen LogP contribution in [-0.4, -0.2) is 103 Å². The second-order valence-corrected chi connectivity index (χ2v) is 26.2. The number of hydrazine groups is 1. The summed E-state index contributed by atoms with van der Waals surface area (Å²) in [5.41, 5.74) is 10.7. The van der Waals surface area contributed by atoms with Crippen LogP contribution in [0.5, 0.6) is 0 Å². The molecule has 2 saturated heterocycles. The summed E-state index contributed by atoms with van der Waals surface area (Å²) in [4.78, 5) is 61.0. The number of aryl methyl sites for hydroxylation is 1. The number of benzene rings is 2. The van der Waals surface area contributed by atoms with E-state index in [4.69, 9.17) is 19.2 Å². The molecule has 0 radical (unpaired) electrons. The molecule has 2 amide bonds. The van der Waals surface area contributed by atoms with Gasteiger partial charge in [0.05, 0.1) is 17.5 Å². The number of hydrogen-bond donors (Lipinski definition) is 2. The zero-order valence-corrected chi connectivity index (χ0v) is 39.7. The van der Waals surface area contributed by atoms with Gasteiger partial charge in [0.2, 0.25) is 0 Å². The van der Waals surface area contributed by atoms with Gasteiger partial charge in [-0.2, -0.15) is 0 Å². The van der Waals surface area contributed by atoms with Crippen LogP contribution < -0.4 is 10.7 Å². The van der Waals surface area contributed by atoms with Gasteiger partial charge in [-0.3, -0.25) is 4.98 Å². The number of fused-ring (bicyclic) bond motifs is 6. The SMILES string of the molecule is CCn1c(-c2cccnc2[C@H](C)OC)c2c3cc(ccc31)-c1cccc(c1)C[C@H](NC(=O)[C@H](C(C)C)[In]([CH3])[C](=O)C1COC1)C(=O)N1CCC[C@H](N1)C(=O)OCC(C)(C)C2. The maximum atomic E-state index is 14.6. The zero-order chi connectivity index (χ0) is 42.9. The minimum Gasteiger partial charge on any atom is -0.0563 e. The molecule has 3 aliphatic heterocycles. The van der Waals surface area contributed by atoms with E-state index >= 15 is 0 Å². The average molecular weight is 922 g/mol. The minimum absolute atomic E-state index is 0.0640. The number of amides is 2. The van der Waals surface area contributed by atoms with Crippen molar-refractivity contribution in [1.29, 1.82) is 0 Å². The number of methoxy groups -OCH3 is 1. The molecule has 7 rings (SSSR count). The standard InChI is InChI=1S/C42H52N5O5.C4H5O2.CH3.In/c1-8-46-36-17-16-30-23-32(36)33(39(46)31-14-10-18-43-38(31)27(4)51-7)24-42(5,6)25-52-41(50)34-15-11-19-47(45-34)40(49)35(44-37(48)20-26(2)3)22-28-12-9-13-29(30)21-28;5-1-4-2-6-3-4;;/h9-10,12-14,16-18,20-21,23,26-27,34-35,45H,8,11,15,19,22,24-25H2,1-7H3,(H,44,48);4H,2-3H2;1H3;/t27-,34-,35-;;;/m0.../s1. The maximum absolute atomic E-state index is 14.6. The van der Waals surface area contributed by atoms with Gasteiger partial charge in [0.15, 0.2) is 0 Å². The Labute approximate surface area is 361 Å². The normalized spacial score (nSPS) is 20.9. The van der Waals surface area contributed by atoms with Gasteiger partial charge >= 0.3 is 260 Å². The number of esters is 1. The molecule has 2 N–H and O–H groups in total. The molecule has 2 aromatic heterocycles. The summed E-state index contributed by atoms with van der Waals surface area (Å²) in [7, 11) is 1.70. The van der Waals surface area contributed by atoms with E-state index in [9.17, 15) is 19.2 Å². The summed E-state index contributed by atoms with van der Waals surface area (Å²) in [6.45, 7) is 14.5. The molecular weight excluding hydrogens is 861 g/mol. The second-order valence-electron chi connectivity index (χ2n) is 18.0. The summed E-state index contributed by atoms with van der Waals surface area (Å²) in [6, 6.07) is 17.1. The van der Waals surface area contributed by atoms with E-state index in [2.05, 4.69) is 72.5 Å². The number of ether oxygens (including phenoxy) is 3. The number of hydrogen-bond acceptors (Lipinski definition) is 9. The predicted octanol–water partition coefficient (Wildman–Crippen LogP) is 6.65. The van der Waals surface area contributed by atoms with Gasteiger partial charge in [0, 0.05) is 25.4 Å². The van der Waals surface area contributed by atoms with E-state index in [1.54, 1.807) is 13.3 Å². The molecule has 13 heteroatoms. The molecule has 12 nitrogen and oxygen atoms in total. The monoisotopic (exact) mass is 921 g/mol. The quantitative estimate of drug-likeness (QED) is 0.167. The Morgan fingerprint density at radius 1 is 1.07 bits per heavy atom. The van der Waals surface area contributed by atoms with Crippen LogP contribution in [-0.2, 0) is 52.8 Å². The fourth-order valence-electron chi connectivity index (χ4n) is 9.31. The van der Waals surface area contributed by atoms with E-state index < -0.39 is 48.6 Å². The molecule has 3 aliphatic rings. The van der Waals surface area contributed by atoms with Gasteiger partial charge in [-0.05, 0) is 32.4 Å². The minimum atomic E-state index is -3.12. The summed E-state index contributed by atoms with van der Waals surface area (Å²) in [5.74, 6) is -1.18. The number of pyridine rings is 1. The van der Waals surface area contributed by atoms with Crippen LogP contribution in [0, 0.1) is 17.3 Å². The third-order valence-corrected chi connectivity index (χ3v) is 22.7. The molecule has 0 unspecified atom stereocenters. The smallest absolute Gasteiger partial charge is 0.0563 e. The van der Waals surface area contributed by atoms with Gasteiger partial charge in [-0.1, -0.05) is 13.8 Å². The molecule has 5 heterocycles. The van der Waals surface area contributed by atoms with Crippen LogP contribution in [0.3, 0.4) is 0 Å². The van der Waals surface area contributed by atoms with E-state index in [1.165, 1.54) is 5.01 Å². The third kappa shape index (κ3) is 9.10. The second kappa shape index (κ2) is 18.5. The Kier molecular flexibility index (Phi) is 13.6.